The van der Waals surface area contributed by atoms with Crippen molar-refractivity contribution >= 4 is 11.0 Å². The largest absolute Gasteiger partial charge is 0.416 e. The Morgan fingerprint density at radius 2 is 2.00 bits per heavy atom. The van der Waals surface area contributed by atoms with Crippen molar-refractivity contribution in [2.45, 2.75) is 32.5 Å². The lowest BCUT2D eigenvalue weighted by atomic mass is 10.2. The predicted molar refractivity (Wildman–Crippen MR) is 65.9 cm³/mol. The Morgan fingerprint density at radius 1 is 1.32 bits per heavy atom. The van der Waals surface area contributed by atoms with Crippen LogP contribution in [0.15, 0.2) is 18.2 Å². The van der Waals surface area contributed by atoms with Gasteiger partial charge in [-0.3, -0.25) is 0 Å². The second-order valence-corrected chi connectivity index (χ2v) is 4.70. The van der Waals surface area contributed by atoms with Crippen molar-refractivity contribution in [1.29, 1.82) is 0 Å². The monoisotopic (exact) mass is 272 g/mol. The Balaban J connectivity index is 2.62. The first-order chi connectivity index (χ1) is 8.84. The fraction of sp³-hybridized carbons (Fsp3) is 0.462. The average Bonchev–Trinajstić information content (AvgIpc) is 2.67. The third kappa shape index (κ3) is 2.58. The topological polar surface area (TPSA) is 38.0 Å². The molecule has 2 rings (SSSR count). The molecular weight excluding hydrogens is 257 g/mol. The van der Waals surface area contributed by atoms with Gasteiger partial charge in [-0.15, -0.1) is 0 Å². The molecule has 1 heterocycles. The number of halogens is 3. The third-order valence-corrected chi connectivity index (χ3v) is 2.95. The van der Waals surface area contributed by atoms with Crippen LogP contribution in [0.3, 0.4) is 0 Å². The van der Waals surface area contributed by atoms with Gasteiger partial charge in [-0.2, -0.15) is 13.2 Å². The Bertz CT molecular complexity index is 587. The molecule has 0 unspecified atom stereocenters. The van der Waals surface area contributed by atoms with Gasteiger partial charge in [0.15, 0.2) is 0 Å². The highest BCUT2D eigenvalue weighted by atomic mass is 19.4. The molecule has 0 atom stereocenters. The molecule has 0 aliphatic rings. The van der Waals surface area contributed by atoms with E-state index in [1.54, 1.807) is 4.57 Å². The number of aliphatic hydroxyl groups is 1. The maximum absolute atomic E-state index is 12.7. The summed E-state index contributed by atoms with van der Waals surface area (Å²) in [5.74, 6) is 0.761. The zero-order chi connectivity index (χ0) is 14.2. The number of imidazole rings is 1. The molecule has 1 N–H and O–H groups in total. The van der Waals surface area contributed by atoms with Crippen LogP contribution in [-0.2, 0) is 12.7 Å². The van der Waals surface area contributed by atoms with E-state index in [9.17, 15) is 13.2 Å². The summed E-state index contributed by atoms with van der Waals surface area (Å²) in [5, 5.41) is 9.06. The van der Waals surface area contributed by atoms with E-state index < -0.39 is 11.7 Å². The molecule has 0 saturated carbocycles. The van der Waals surface area contributed by atoms with E-state index >= 15 is 0 Å². The van der Waals surface area contributed by atoms with Gasteiger partial charge in [-0.1, -0.05) is 13.8 Å². The standard InChI is InChI=1S/C13H15F3N2O/c1-8(2)12-17-10-7-9(13(14,15)16)3-4-11(10)18(12)5-6-19/h3-4,7-8,19H,5-6H2,1-2H3. The van der Waals surface area contributed by atoms with Gasteiger partial charge in [-0.25, -0.2) is 4.98 Å². The summed E-state index contributed by atoms with van der Waals surface area (Å²) in [6.45, 7) is 4.08. The van der Waals surface area contributed by atoms with Crippen LogP contribution in [0.2, 0.25) is 0 Å². The fourth-order valence-corrected chi connectivity index (χ4v) is 2.10. The molecule has 0 fully saturated rings. The number of fused-ring (bicyclic) bond motifs is 1. The van der Waals surface area contributed by atoms with Crippen LogP contribution in [0.1, 0.15) is 31.2 Å². The molecule has 0 aliphatic heterocycles. The molecular formula is C13H15F3N2O. The number of alkyl halides is 3. The normalized spacial score (nSPS) is 12.6. The smallest absolute Gasteiger partial charge is 0.395 e. The van der Waals surface area contributed by atoms with Gasteiger partial charge >= 0.3 is 6.18 Å². The first kappa shape index (κ1) is 13.9. The van der Waals surface area contributed by atoms with Gasteiger partial charge in [0, 0.05) is 12.5 Å². The molecule has 19 heavy (non-hydrogen) atoms. The lowest BCUT2D eigenvalue weighted by molar-refractivity contribution is -0.137. The molecule has 3 nitrogen and oxygen atoms in total. The van der Waals surface area contributed by atoms with E-state index in [1.807, 2.05) is 13.8 Å². The summed E-state index contributed by atoms with van der Waals surface area (Å²) < 4.78 is 39.7. The predicted octanol–water partition coefficient (Wildman–Crippen LogP) is 3.17. The minimum absolute atomic E-state index is 0.0771. The van der Waals surface area contributed by atoms with E-state index in [0.717, 1.165) is 12.1 Å². The molecule has 0 bridgehead atoms. The summed E-state index contributed by atoms with van der Waals surface area (Å²) in [6.07, 6.45) is -4.37. The lowest BCUT2D eigenvalue weighted by Crippen LogP contribution is -2.08. The minimum atomic E-state index is -4.37. The summed E-state index contributed by atoms with van der Waals surface area (Å²) in [5.41, 5.74) is 0.224. The zero-order valence-electron chi connectivity index (χ0n) is 10.7. The molecule has 0 spiro atoms. The van der Waals surface area contributed by atoms with Gasteiger partial charge in [0.2, 0.25) is 0 Å². The van der Waals surface area contributed by atoms with Crippen LogP contribution in [0.25, 0.3) is 11.0 Å². The maximum Gasteiger partial charge on any atom is 0.416 e. The number of hydrogen-bond acceptors (Lipinski definition) is 2. The van der Waals surface area contributed by atoms with Crippen LogP contribution in [0.5, 0.6) is 0 Å². The number of benzene rings is 1. The van der Waals surface area contributed by atoms with E-state index in [1.165, 1.54) is 6.07 Å². The Morgan fingerprint density at radius 3 is 2.53 bits per heavy atom. The number of aliphatic hydroxyl groups excluding tert-OH is 1. The van der Waals surface area contributed by atoms with E-state index in [4.69, 9.17) is 5.11 Å². The molecule has 0 radical (unpaired) electrons. The highest BCUT2D eigenvalue weighted by Gasteiger charge is 2.31. The molecule has 0 aliphatic carbocycles. The van der Waals surface area contributed by atoms with Crippen LogP contribution < -0.4 is 0 Å². The molecule has 6 heteroatoms. The van der Waals surface area contributed by atoms with Crippen molar-refractivity contribution in [2.24, 2.45) is 0 Å². The lowest BCUT2D eigenvalue weighted by Gasteiger charge is -2.10. The van der Waals surface area contributed by atoms with Crippen molar-refractivity contribution in [3.05, 3.63) is 29.6 Å². The number of nitrogens with zero attached hydrogens (tertiary/aromatic N) is 2. The summed E-state index contributed by atoms with van der Waals surface area (Å²) in [7, 11) is 0. The van der Waals surface area contributed by atoms with Gasteiger partial charge in [-0.05, 0) is 18.2 Å². The molecule has 1 aromatic heterocycles. The number of rotatable bonds is 3. The van der Waals surface area contributed by atoms with Gasteiger partial charge in [0.05, 0.1) is 23.2 Å². The maximum atomic E-state index is 12.7. The summed E-state index contributed by atoms with van der Waals surface area (Å²) in [6, 6.07) is 3.50. The molecule has 1 aromatic carbocycles. The van der Waals surface area contributed by atoms with Crippen LogP contribution in [-0.4, -0.2) is 21.3 Å². The Labute approximate surface area is 108 Å². The quantitative estimate of drug-likeness (QED) is 0.932. The number of hydrogen-bond donors (Lipinski definition) is 1. The van der Waals surface area contributed by atoms with Gasteiger partial charge in [0.25, 0.3) is 0 Å². The summed E-state index contributed by atoms with van der Waals surface area (Å²) in [4.78, 5) is 4.26. The molecule has 0 amide bonds. The third-order valence-electron chi connectivity index (χ3n) is 2.95. The molecule has 2 aromatic rings. The van der Waals surface area contributed by atoms with E-state index in [0.29, 0.717) is 23.4 Å². The second kappa shape index (κ2) is 4.85. The number of aromatic nitrogens is 2. The van der Waals surface area contributed by atoms with Crippen LogP contribution in [0.4, 0.5) is 13.2 Å². The van der Waals surface area contributed by atoms with Crippen molar-refractivity contribution in [1.82, 2.24) is 9.55 Å². The van der Waals surface area contributed by atoms with Crippen molar-refractivity contribution < 1.29 is 18.3 Å². The van der Waals surface area contributed by atoms with Crippen molar-refractivity contribution in [2.75, 3.05) is 6.61 Å². The Hall–Kier alpha value is -1.56. The summed E-state index contributed by atoms with van der Waals surface area (Å²) >= 11 is 0. The van der Waals surface area contributed by atoms with Crippen molar-refractivity contribution in [3.63, 3.8) is 0 Å². The SMILES string of the molecule is CC(C)c1nc2cc(C(F)(F)F)ccc2n1CCO. The first-order valence-electron chi connectivity index (χ1n) is 6.03. The zero-order valence-corrected chi connectivity index (χ0v) is 10.7. The molecule has 104 valence electrons. The van der Waals surface area contributed by atoms with Gasteiger partial charge in [0.1, 0.15) is 5.82 Å². The van der Waals surface area contributed by atoms with E-state index in [2.05, 4.69) is 4.98 Å². The highest BCUT2D eigenvalue weighted by Crippen LogP contribution is 2.32. The van der Waals surface area contributed by atoms with Gasteiger partial charge < -0.3 is 9.67 Å². The average molecular weight is 272 g/mol. The van der Waals surface area contributed by atoms with E-state index in [-0.39, 0.29) is 12.5 Å². The second-order valence-electron chi connectivity index (χ2n) is 4.70. The molecule has 0 saturated heterocycles. The minimum Gasteiger partial charge on any atom is -0.395 e. The Kier molecular flexibility index (Phi) is 3.54. The van der Waals surface area contributed by atoms with Crippen molar-refractivity contribution in [3.8, 4) is 0 Å². The fourth-order valence-electron chi connectivity index (χ4n) is 2.10. The van der Waals surface area contributed by atoms with Crippen LogP contribution >= 0.6 is 0 Å². The van der Waals surface area contributed by atoms with Crippen LogP contribution in [0, 0.1) is 0 Å². The highest BCUT2D eigenvalue weighted by molar-refractivity contribution is 5.77. The first-order valence-corrected chi connectivity index (χ1v) is 6.03.